The van der Waals surface area contributed by atoms with Crippen molar-refractivity contribution in [3.8, 4) is 0 Å². The van der Waals surface area contributed by atoms with Crippen molar-refractivity contribution in [2.75, 3.05) is 19.8 Å². The summed E-state index contributed by atoms with van der Waals surface area (Å²) in [5.41, 5.74) is 0. The van der Waals surface area contributed by atoms with Crippen LogP contribution >= 0.6 is 0 Å². The minimum absolute atomic E-state index is 0.0301. The zero-order valence-electron chi connectivity index (χ0n) is 10.5. The van der Waals surface area contributed by atoms with Crippen LogP contribution in [0.15, 0.2) is 0 Å². The molecule has 4 heteroatoms. The SMILES string of the molecule is CC(=O)CC1CCCCN1C(=O)C1CCOC1. The molecule has 0 aliphatic carbocycles. The first-order chi connectivity index (χ1) is 8.18. The molecule has 2 aliphatic rings. The second kappa shape index (κ2) is 5.63. The maximum atomic E-state index is 12.3. The van der Waals surface area contributed by atoms with E-state index in [1.165, 1.54) is 0 Å². The highest BCUT2D eigenvalue weighted by atomic mass is 16.5. The summed E-state index contributed by atoms with van der Waals surface area (Å²) in [5, 5.41) is 0. The quantitative estimate of drug-likeness (QED) is 0.747. The van der Waals surface area contributed by atoms with Crippen molar-refractivity contribution in [3.63, 3.8) is 0 Å². The average molecular weight is 239 g/mol. The normalized spacial score (nSPS) is 29.4. The molecule has 2 aliphatic heterocycles. The molecular formula is C13H21NO3. The van der Waals surface area contributed by atoms with E-state index in [2.05, 4.69) is 0 Å². The van der Waals surface area contributed by atoms with E-state index >= 15 is 0 Å². The molecule has 17 heavy (non-hydrogen) atoms. The van der Waals surface area contributed by atoms with E-state index in [1.54, 1.807) is 6.92 Å². The summed E-state index contributed by atoms with van der Waals surface area (Å²) in [7, 11) is 0. The molecule has 2 saturated heterocycles. The highest BCUT2D eigenvalue weighted by Crippen LogP contribution is 2.24. The fourth-order valence-electron chi connectivity index (χ4n) is 2.80. The standard InChI is InChI=1S/C13H21NO3/c1-10(15)8-12-4-2-3-6-14(12)13(16)11-5-7-17-9-11/h11-12H,2-9H2,1H3. The highest BCUT2D eigenvalue weighted by Gasteiger charge is 2.33. The Morgan fingerprint density at radius 1 is 1.29 bits per heavy atom. The van der Waals surface area contributed by atoms with Crippen LogP contribution < -0.4 is 0 Å². The summed E-state index contributed by atoms with van der Waals surface area (Å²) in [6.45, 7) is 3.67. The van der Waals surface area contributed by atoms with Crippen molar-refractivity contribution in [2.45, 2.75) is 45.1 Å². The van der Waals surface area contributed by atoms with Gasteiger partial charge in [0.1, 0.15) is 5.78 Å². The van der Waals surface area contributed by atoms with Crippen molar-refractivity contribution < 1.29 is 14.3 Å². The molecule has 0 saturated carbocycles. The van der Waals surface area contributed by atoms with Gasteiger partial charge in [0, 0.05) is 25.6 Å². The smallest absolute Gasteiger partial charge is 0.228 e. The van der Waals surface area contributed by atoms with Crippen molar-refractivity contribution in [2.24, 2.45) is 5.92 Å². The van der Waals surface area contributed by atoms with Gasteiger partial charge in [-0.1, -0.05) is 0 Å². The Balaban J connectivity index is 1.99. The second-order valence-corrected chi connectivity index (χ2v) is 5.15. The Morgan fingerprint density at radius 2 is 2.12 bits per heavy atom. The zero-order chi connectivity index (χ0) is 12.3. The number of carbonyl (C=O) groups excluding carboxylic acids is 2. The van der Waals surface area contributed by atoms with Crippen molar-refractivity contribution in [1.82, 2.24) is 4.90 Å². The van der Waals surface area contributed by atoms with E-state index < -0.39 is 0 Å². The number of hydrogen-bond acceptors (Lipinski definition) is 3. The van der Waals surface area contributed by atoms with Crippen LogP contribution in [-0.4, -0.2) is 42.4 Å². The molecule has 2 fully saturated rings. The van der Waals surface area contributed by atoms with Crippen LogP contribution in [0.1, 0.15) is 39.0 Å². The number of ketones is 1. The third-order valence-electron chi connectivity index (χ3n) is 3.71. The summed E-state index contributed by atoms with van der Waals surface area (Å²) in [6.07, 6.45) is 4.51. The average Bonchev–Trinajstić information content (AvgIpc) is 2.81. The molecule has 2 rings (SSSR count). The van der Waals surface area contributed by atoms with Gasteiger partial charge in [-0.25, -0.2) is 0 Å². The second-order valence-electron chi connectivity index (χ2n) is 5.15. The van der Waals surface area contributed by atoms with Gasteiger partial charge in [-0.05, 0) is 32.6 Å². The number of Topliss-reactive ketones (excluding diaryl/α,β-unsaturated/α-hetero) is 1. The Kier molecular flexibility index (Phi) is 4.15. The van der Waals surface area contributed by atoms with Crippen LogP contribution in [-0.2, 0) is 14.3 Å². The van der Waals surface area contributed by atoms with Crippen molar-refractivity contribution >= 4 is 11.7 Å². The lowest BCUT2D eigenvalue weighted by Gasteiger charge is -2.36. The Bertz CT molecular complexity index is 297. The fraction of sp³-hybridized carbons (Fsp3) is 0.846. The third-order valence-corrected chi connectivity index (χ3v) is 3.71. The van der Waals surface area contributed by atoms with Gasteiger partial charge in [0.25, 0.3) is 0 Å². The van der Waals surface area contributed by atoms with Gasteiger partial charge in [-0.2, -0.15) is 0 Å². The lowest BCUT2D eigenvalue weighted by atomic mass is 9.95. The summed E-state index contributed by atoms with van der Waals surface area (Å²) in [4.78, 5) is 25.5. The number of hydrogen-bond donors (Lipinski definition) is 0. The maximum absolute atomic E-state index is 12.3. The number of amides is 1. The predicted molar refractivity (Wildman–Crippen MR) is 63.6 cm³/mol. The van der Waals surface area contributed by atoms with Gasteiger partial charge >= 0.3 is 0 Å². The topological polar surface area (TPSA) is 46.6 Å². The molecule has 0 aromatic carbocycles. The number of ether oxygens (including phenoxy) is 1. The molecule has 0 N–H and O–H groups in total. The van der Waals surface area contributed by atoms with E-state index in [9.17, 15) is 9.59 Å². The van der Waals surface area contributed by atoms with Crippen molar-refractivity contribution in [1.29, 1.82) is 0 Å². The lowest BCUT2D eigenvalue weighted by Crippen LogP contribution is -2.47. The molecule has 2 atom stereocenters. The molecule has 4 nitrogen and oxygen atoms in total. The van der Waals surface area contributed by atoms with Crippen LogP contribution in [0.2, 0.25) is 0 Å². The molecule has 2 unspecified atom stereocenters. The third kappa shape index (κ3) is 3.06. The Morgan fingerprint density at radius 3 is 2.76 bits per heavy atom. The number of carbonyl (C=O) groups is 2. The van der Waals surface area contributed by atoms with Crippen LogP contribution in [0.4, 0.5) is 0 Å². The minimum atomic E-state index is 0.0301. The van der Waals surface area contributed by atoms with Gasteiger partial charge in [-0.3, -0.25) is 9.59 Å². The van der Waals surface area contributed by atoms with Gasteiger partial charge in [0.2, 0.25) is 5.91 Å². The van der Waals surface area contributed by atoms with E-state index in [-0.39, 0.29) is 23.7 Å². The molecule has 0 bridgehead atoms. The number of likely N-dealkylation sites (tertiary alicyclic amines) is 1. The summed E-state index contributed by atoms with van der Waals surface area (Å²) < 4.78 is 5.27. The van der Waals surface area contributed by atoms with Crippen LogP contribution in [0, 0.1) is 5.92 Å². The molecule has 96 valence electrons. The van der Waals surface area contributed by atoms with Gasteiger partial charge < -0.3 is 9.64 Å². The largest absolute Gasteiger partial charge is 0.381 e. The number of nitrogens with zero attached hydrogens (tertiary/aromatic N) is 1. The van der Waals surface area contributed by atoms with E-state index in [0.29, 0.717) is 19.6 Å². The summed E-state index contributed by atoms with van der Waals surface area (Å²) in [6, 6.07) is 0.134. The first-order valence-electron chi connectivity index (χ1n) is 6.56. The van der Waals surface area contributed by atoms with E-state index in [1.807, 2.05) is 4.90 Å². The maximum Gasteiger partial charge on any atom is 0.228 e. The molecule has 0 radical (unpaired) electrons. The van der Waals surface area contributed by atoms with Gasteiger partial charge in [-0.15, -0.1) is 0 Å². The predicted octanol–water partition coefficient (Wildman–Crippen LogP) is 1.38. The number of piperidine rings is 1. The van der Waals surface area contributed by atoms with Gasteiger partial charge in [0.05, 0.1) is 12.5 Å². The van der Waals surface area contributed by atoms with Gasteiger partial charge in [0.15, 0.2) is 0 Å². The summed E-state index contributed by atoms with van der Waals surface area (Å²) in [5.74, 6) is 0.411. The van der Waals surface area contributed by atoms with Crippen LogP contribution in [0.3, 0.4) is 0 Å². The fourth-order valence-corrected chi connectivity index (χ4v) is 2.80. The molecule has 2 heterocycles. The van der Waals surface area contributed by atoms with Crippen LogP contribution in [0.5, 0.6) is 0 Å². The lowest BCUT2D eigenvalue weighted by molar-refractivity contribution is -0.140. The molecule has 0 spiro atoms. The zero-order valence-corrected chi connectivity index (χ0v) is 10.5. The highest BCUT2D eigenvalue weighted by molar-refractivity contribution is 5.81. The van der Waals surface area contributed by atoms with Crippen LogP contribution in [0.25, 0.3) is 0 Å². The molecular weight excluding hydrogens is 218 g/mol. The Hall–Kier alpha value is -0.900. The van der Waals surface area contributed by atoms with E-state index in [0.717, 1.165) is 32.2 Å². The monoisotopic (exact) mass is 239 g/mol. The number of rotatable bonds is 3. The molecule has 0 aromatic rings. The minimum Gasteiger partial charge on any atom is -0.381 e. The first-order valence-corrected chi connectivity index (χ1v) is 6.56. The Labute approximate surface area is 102 Å². The molecule has 1 amide bonds. The van der Waals surface area contributed by atoms with Crippen molar-refractivity contribution in [3.05, 3.63) is 0 Å². The van der Waals surface area contributed by atoms with E-state index in [4.69, 9.17) is 4.74 Å². The molecule has 0 aromatic heterocycles. The first kappa shape index (κ1) is 12.6. The summed E-state index contributed by atoms with van der Waals surface area (Å²) >= 11 is 0.